The number of nitriles is 2. The van der Waals surface area contributed by atoms with Crippen LogP contribution in [-0.2, 0) is 6.18 Å². The van der Waals surface area contributed by atoms with Crippen LogP contribution in [0.15, 0.2) is 21.7 Å². The number of hydrogen-bond donors (Lipinski definition) is 1. The molecule has 0 atom stereocenters. The summed E-state index contributed by atoms with van der Waals surface area (Å²) in [6.07, 6.45) is -4.66. The third kappa shape index (κ3) is 3.85. The fraction of sp³-hybridized carbons (Fsp3) is 0.100. The lowest BCUT2D eigenvalue weighted by atomic mass is 10.2. The van der Waals surface area contributed by atoms with E-state index < -0.39 is 23.1 Å². The second-order valence-electron chi connectivity index (χ2n) is 3.10. The molecule has 0 aliphatic carbocycles. The molecule has 0 bridgehead atoms. The van der Waals surface area contributed by atoms with Crippen molar-refractivity contribution in [2.24, 2.45) is 5.10 Å². The van der Waals surface area contributed by atoms with Crippen LogP contribution < -0.4 is 5.43 Å². The molecule has 0 aromatic heterocycles. The molecule has 0 unspecified atom stereocenters. The van der Waals surface area contributed by atoms with Crippen molar-refractivity contribution in [1.82, 2.24) is 0 Å². The summed E-state index contributed by atoms with van der Waals surface area (Å²) in [4.78, 5) is 0. The molecule has 98 valence electrons. The van der Waals surface area contributed by atoms with E-state index in [1.54, 1.807) is 0 Å². The Morgan fingerprint density at radius 2 is 1.89 bits per heavy atom. The fourth-order valence-electron chi connectivity index (χ4n) is 1.10. The van der Waals surface area contributed by atoms with E-state index in [0.29, 0.717) is 0 Å². The lowest BCUT2D eigenvalue weighted by Gasteiger charge is -2.14. The van der Waals surface area contributed by atoms with E-state index in [2.05, 4.69) is 21.0 Å². The first-order valence-electron chi connectivity index (χ1n) is 4.49. The van der Waals surface area contributed by atoms with Gasteiger partial charge >= 0.3 is 6.18 Å². The van der Waals surface area contributed by atoms with Gasteiger partial charge in [-0.3, -0.25) is 5.43 Å². The van der Waals surface area contributed by atoms with E-state index in [0.717, 1.165) is 6.07 Å². The molecule has 0 saturated heterocycles. The average Bonchev–Trinajstić information content (AvgIpc) is 2.30. The Hall–Kier alpha value is -1.77. The number of hydrazone groups is 1. The summed E-state index contributed by atoms with van der Waals surface area (Å²) >= 11 is 8.58. The molecule has 0 spiro atoms. The number of nitrogens with one attached hydrogen (secondary N) is 1. The van der Waals surface area contributed by atoms with Crippen molar-refractivity contribution in [1.29, 1.82) is 10.5 Å². The van der Waals surface area contributed by atoms with Crippen LogP contribution in [0.4, 0.5) is 18.9 Å². The fourth-order valence-corrected chi connectivity index (χ4v) is 1.95. The highest BCUT2D eigenvalue weighted by Gasteiger charge is 2.35. The van der Waals surface area contributed by atoms with Gasteiger partial charge in [-0.25, -0.2) is 0 Å². The van der Waals surface area contributed by atoms with E-state index in [4.69, 9.17) is 22.1 Å². The first kappa shape index (κ1) is 15.3. The molecule has 1 aromatic carbocycles. The van der Waals surface area contributed by atoms with Gasteiger partial charge in [0, 0.05) is 4.47 Å². The highest BCUT2D eigenvalue weighted by atomic mass is 79.9. The zero-order chi connectivity index (χ0) is 14.6. The molecule has 0 aliphatic heterocycles. The highest BCUT2D eigenvalue weighted by molar-refractivity contribution is 9.10. The van der Waals surface area contributed by atoms with Crippen LogP contribution in [-0.4, -0.2) is 5.71 Å². The Balaban J connectivity index is 3.32. The van der Waals surface area contributed by atoms with Crippen molar-refractivity contribution in [3.63, 3.8) is 0 Å². The van der Waals surface area contributed by atoms with Gasteiger partial charge in [-0.15, -0.1) is 0 Å². The number of anilines is 1. The minimum absolute atomic E-state index is 0.139. The van der Waals surface area contributed by atoms with Crippen molar-refractivity contribution >= 4 is 38.9 Å². The van der Waals surface area contributed by atoms with Gasteiger partial charge in [0.05, 0.1) is 16.3 Å². The molecule has 0 radical (unpaired) electrons. The number of benzene rings is 1. The molecule has 0 saturated carbocycles. The molecule has 4 nitrogen and oxygen atoms in total. The zero-order valence-corrected chi connectivity index (χ0v) is 11.2. The summed E-state index contributed by atoms with van der Waals surface area (Å²) in [5.41, 5.74) is -0.222. The Kier molecular flexibility index (Phi) is 4.76. The van der Waals surface area contributed by atoms with Crippen LogP contribution in [0.5, 0.6) is 0 Å². The van der Waals surface area contributed by atoms with Crippen LogP contribution in [0.25, 0.3) is 0 Å². The minimum atomic E-state index is -4.66. The second-order valence-corrected chi connectivity index (χ2v) is 4.43. The third-order valence-corrected chi connectivity index (χ3v) is 2.61. The largest absolute Gasteiger partial charge is 0.418 e. The maximum atomic E-state index is 12.8. The third-order valence-electron chi connectivity index (χ3n) is 1.85. The predicted octanol–water partition coefficient (Wildman–Crippen LogP) is 3.94. The van der Waals surface area contributed by atoms with E-state index >= 15 is 0 Å². The van der Waals surface area contributed by atoms with E-state index in [9.17, 15) is 13.2 Å². The van der Waals surface area contributed by atoms with Gasteiger partial charge in [-0.05, 0) is 12.1 Å². The van der Waals surface area contributed by atoms with E-state index in [-0.39, 0.29) is 9.50 Å². The van der Waals surface area contributed by atoms with Crippen molar-refractivity contribution in [2.75, 3.05) is 5.43 Å². The summed E-state index contributed by atoms with van der Waals surface area (Å²) < 4.78 is 38.5. The number of alkyl halides is 3. The average molecular weight is 352 g/mol. The summed E-state index contributed by atoms with van der Waals surface area (Å²) in [6.45, 7) is 0. The normalized spacial score (nSPS) is 10.3. The monoisotopic (exact) mass is 350 g/mol. The molecule has 9 heteroatoms. The molecule has 0 aliphatic rings. The zero-order valence-electron chi connectivity index (χ0n) is 8.89. The van der Waals surface area contributed by atoms with E-state index in [1.165, 1.54) is 18.2 Å². The Morgan fingerprint density at radius 3 is 2.37 bits per heavy atom. The number of nitrogens with zero attached hydrogens (tertiary/aromatic N) is 3. The van der Waals surface area contributed by atoms with Crippen LogP contribution in [0.1, 0.15) is 5.56 Å². The van der Waals surface area contributed by atoms with Gasteiger partial charge < -0.3 is 0 Å². The van der Waals surface area contributed by atoms with Crippen molar-refractivity contribution in [2.45, 2.75) is 6.18 Å². The lowest BCUT2D eigenvalue weighted by Crippen LogP contribution is -2.10. The van der Waals surface area contributed by atoms with Crippen LogP contribution >= 0.6 is 27.5 Å². The number of halogens is 5. The summed E-state index contributed by atoms with van der Waals surface area (Å²) in [6, 6.07) is 4.84. The summed E-state index contributed by atoms with van der Waals surface area (Å²) in [5.74, 6) is 0. The van der Waals surface area contributed by atoms with Gasteiger partial charge in [0.15, 0.2) is 0 Å². The van der Waals surface area contributed by atoms with Gasteiger partial charge in [0.25, 0.3) is 0 Å². The molecule has 1 rings (SSSR count). The summed E-state index contributed by atoms with van der Waals surface area (Å²) in [5, 5.41) is 19.9. The summed E-state index contributed by atoms with van der Waals surface area (Å²) in [7, 11) is 0. The maximum Gasteiger partial charge on any atom is 0.418 e. The quantitative estimate of drug-likeness (QED) is 0.648. The van der Waals surface area contributed by atoms with Gasteiger partial charge in [0.1, 0.15) is 12.1 Å². The van der Waals surface area contributed by atoms with Crippen molar-refractivity contribution in [3.05, 3.63) is 27.2 Å². The Labute approximate surface area is 119 Å². The van der Waals surface area contributed by atoms with Gasteiger partial charge in [-0.2, -0.15) is 28.8 Å². The van der Waals surface area contributed by atoms with Crippen molar-refractivity contribution in [3.8, 4) is 12.1 Å². The molecule has 0 heterocycles. The number of hydrogen-bond acceptors (Lipinski definition) is 4. The first-order valence-corrected chi connectivity index (χ1v) is 5.67. The van der Waals surface area contributed by atoms with Gasteiger partial charge in [0.2, 0.25) is 5.71 Å². The van der Waals surface area contributed by atoms with Crippen LogP contribution in [0, 0.1) is 22.7 Å². The maximum absolute atomic E-state index is 12.8. The second kappa shape index (κ2) is 5.91. The van der Waals surface area contributed by atoms with E-state index in [1.807, 2.05) is 5.43 Å². The molecule has 0 amide bonds. The number of rotatable bonds is 2. The molecular weight excluding hydrogens is 348 g/mol. The first-order chi connectivity index (χ1) is 8.79. The SMILES string of the molecule is N#CC(C#N)=NNc1c(Cl)cc(Br)cc1C(F)(F)F. The van der Waals surface area contributed by atoms with Crippen LogP contribution in [0.2, 0.25) is 5.02 Å². The van der Waals surface area contributed by atoms with Crippen molar-refractivity contribution < 1.29 is 13.2 Å². The smallest absolute Gasteiger partial charge is 0.274 e. The molecule has 0 fully saturated rings. The topological polar surface area (TPSA) is 72.0 Å². The Morgan fingerprint density at radius 1 is 1.32 bits per heavy atom. The van der Waals surface area contributed by atoms with Crippen LogP contribution in [0.3, 0.4) is 0 Å². The van der Waals surface area contributed by atoms with Gasteiger partial charge in [-0.1, -0.05) is 27.5 Å². The molecule has 19 heavy (non-hydrogen) atoms. The Bertz CT molecular complexity index is 597. The molecular formula is C10H3BrClF3N4. The predicted molar refractivity (Wildman–Crippen MR) is 66.4 cm³/mol. The molecule has 1 aromatic rings. The minimum Gasteiger partial charge on any atom is -0.274 e. The molecule has 1 N–H and O–H groups in total. The highest BCUT2D eigenvalue weighted by Crippen LogP contribution is 2.40. The standard InChI is InChI=1S/C10H3BrClF3N4/c11-5-1-7(10(13,14)15)9(8(12)2-5)19-18-6(3-16)4-17/h1-2,19H. The lowest BCUT2D eigenvalue weighted by molar-refractivity contribution is -0.137.